The van der Waals surface area contributed by atoms with E-state index in [-0.39, 0.29) is 23.3 Å². The third kappa shape index (κ3) is 3.54. The molecule has 2 N–H and O–H groups in total. The third-order valence-corrected chi connectivity index (χ3v) is 3.48. The van der Waals surface area contributed by atoms with Crippen molar-refractivity contribution < 1.29 is 9.72 Å². The van der Waals surface area contributed by atoms with Gasteiger partial charge in [0.1, 0.15) is 5.69 Å². The third-order valence-electron chi connectivity index (χ3n) is 3.48. The maximum absolute atomic E-state index is 12.2. The molecule has 0 aromatic heterocycles. The van der Waals surface area contributed by atoms with Crippen LogP contribution in [0.2, 0.25) is 0 Å². The van der Waals surface area contributed by atoms with Crippen LogP contribution in [0.4, 0.5) is 11.4 Å². The van der Waals surface area contributed by atoms with Gasteiger partial charge in [0.25, 0.3) is 5.69 Å². The van der Waals surface area contributed by atoms with E-state index in [2.05, 4.69) is 10.6 Å². The number of amides is 1. The van der Waals surface area contributed by atoms with Crippen LogP contribution in [0, 0.1) is 17.0 Å². The highest BCUT2D eigenvalue weighted by atomic mass is 16.6. The number of anilines is 1. The first-order chi connectivity index (χ1) is 9.58. The van der Waals surface area contributed by atoms with Gasteiger partial charge in [-0.1, -0.05) is 18.9 Å². The minimum absolute atomic E-state index is 0.0630. The largest absolute Gasteiger partial charge is 0.319 e. The van der Waals surface area contributed by atoms with Gasteiger partial charge in [0.05, 0.1) is 11.0 Å². The number of benzene rings is 1. The SMILES string of the molecule is Cc1ccc(NC(=O)C2CCCCCN2)c([N+](=O)[O-])c1. The molecule has 0 bridgehead atoms. The van der Waals surface area contributed by atoms with Gasteiger partial charge >= 0.3 is 0 Å². The van der Waals surface area contributed by atoms with E-state index in [1.54, 1.807) is 19.1 Å². The second kappa shape index (κ2) is 6.47. The van der Waals surface area contributed by atoms with Gasteiger partial charge in [-0.05, 0) is 37.9 Å². The Balaban J connectivity index is 2.12. The van der Waals surface area contributed by atoms with Gasteiger partial charge in [-0.15, -0.1) is 0 Å². The second-order valence-electron chi connectivity index (χ2n) is 5.12. The number of hydrogen-bond donors (Lipinski definition) is 2. The molecule has 1 fully saturated rings. The Kier molecular flexibility index (Phi) is 4.68. The highest BCUT2D eigenvalue weighted by molar-refractivity contribution is 5.96. The number of nitrogens with one attached hydrogen (secondary N) is 2. The van der Waals surface area contributed by atoms with Crippen LogP contribution in [0.1, 0.15) is 31.2 Å². The van der Waals surface area contributed by atoms with Crippen LogP contribution in [-0.2, 0) is 4.79 Å². The lowest BCUT2D eigenvalue weighted by Crippen LogP contribution is -2.39. The summed E-state index contributed by atoms with van der Waals surface area (Å²) in [4.78, 5) is 22.7. The molecule has 6 heteroatoms. The molecule has 1 unspecified atom stereocenters. The summed E-state index contributed by atoms with van der Waals surface area (Å²) in [5.41, 5.74) is 0.992. The van der Waals surface area contributed by atoms with E-state index in [9.17, 15) is 14.9 Å². The van der Waals surface area contributed by atoms with Crippen molar-refractivity contribution >= 4 is 17.3 Å². The van der Waals surface area contributed by atoms with Crippen molar-refractivity contribution in [1.82, 2.24) is 5.32 Å². The Bertz CT molecular complexity index is 508. The lowest BCUT2D eigenvalue weighted by atomic mass is 10.1. The van der Waals surface area contributed by atoms with Crippen molar-refractivity contribution in [2.75, 3.05) is 11.9 Å². The molecule has 1 saturated heterocycles. The summed E-state index contributed by atoms with van der Waals surface area (Å²) in [5.74, 6) is -0.196. The summed E-state index contributed by atoms with van der Waals surface area (Å²) in [5, 5.41) is 16.9. The summed E-state index contributed by atoms with van der Waals surface area (Å²) in [6.45, 7) is 2.60. The van der Waals surface area contributed by atoms with Crippen molar-refractivity contribution in [2.24, 2.45) is 0 Å². The summed E-state index contributed by atoms with van der Waals surface area (Å²) in [7, 11) is 0. The molecule has 1 amide bonds. The number of carbonyl (C=O) groups excluding carboxylic acids is 1. The van der Waals surface area contributed by atoms with E-state index < -0.39 is 4.92 Å². The Morgan fingerprint density at radius 1 is 1.40 bits per heavy atom. The maximum atomic E-state index is 12.2. The lowest BCUT2D eigenvalue weighted by Gasteiger charge is -2.15. The second-order valence-corrected chi connectivity index (χ2v) is 5.12. The molecule has 1 aromatic rings. The van der Waals surface area contributed by atoms with Gasteiger partial charge in [-0.25, -0.2) is 0 Å². The zero-order valence-electron chi connectivity index (χ0n) is 11.5. The van der Waals surface area contributed by atoms with E-state index in [4.69, 9.17) is 0 Å². The van der Waals surface area contributed by atoms with E-state index in [0.29, 0.717) is 0 Å². The molecule has 1 heterocycles. The summed E-state index contributed by atoms with van der Waals surface area (Å²) in [6.07, 6.45) is 3.95. The number of nitrogens with zero attached hydrogens (tertiary/aromatic N) is 1. The number of nitro groups is 1. The molecular weight excluding hydrogens is 258 g/mol. The van der Waals surface area contributed by atoms with Crippen LogP contribution in [0.25, 0.3) is 0 Å². The molecule has 0 spiro atoms. The molecule has 20 heavy (non-hydrogen) atoms. The Morgan fingerprint density at radius 2 is 2.20 bits per heavy atom. The van der Waals surface area contributed by atoms with Crippen molar-refractivity contribution in [2.45, 2.75) is 38.6 Å². The average Bonchev–Trinajstić information content (AvgIpc) is 2.69. The van der Waals surface area contributed by atoms with Crippen LogP contribution >= 0.6 is 0 Å². The van der Waals surface area contributed by atoms with E-state index >= 15 is 0 Å². The lowest BCUT2D eigenvalue weighted by molar-refractivity contribution is -0.384. The summed E-state index contributed by atoms with van der Waals surface area (Å²) >= 11 is 0. The maximum Gasteiger partial charge on any atom is 0.293 e. The smallest absolute Gasteiger partial charge is 0.293 e. The first kappa shape index (κ1) is 14.5. The number of carbonyl (C=O) groups is 1. The highest BCUT2D eigenvalue weighted by Crippen LogP contribution is 2.25. The zero-order valence-corrected chi connectivity index (χ0v) is 11.5. The summed E-state index contributed by atoms with van der Waals surface area (Å²) < 4.78 is 0. The van der Waals surface area contributed by atoms with E-state index in [0.717, 1.165) is 37.8 Å². The van der Waals surface area contributed by atoms with Crippen LogP contribution in [0.5, 0.6) is 0 Å². The van der Waals surface area contributed by atoms with Crippen molar-refractivity contribution in [3.63, 3.8) is 0 Å². The van der Waals surface area contributed by atoms with Gasteiger partial charge in [-0.2, -0.15) is 0 Å². The standard InChI is InChI=1S/C14H19N3O3/c1-10-6-7-11(13(9-10)17(19)20)16-14(18)12-5-3-2-4-8-15-12/h6-7,9,12,15H,2-5,8H2,1H3,(H,16,18). The van der Waals surface area contributed by atoms with Gasteiger partial charge in [0.2, 0.25) is 5.91 Å². The first-order valence-corrected chi connectivity index (χ1v) is 6.87. The molecular formula is C14H19N3O3. The van der Waals surface area contributed by atoms with Crippen LogP contribution in [0.3, 0.4) is 0 Å². The van der Waals surface area contributed by atoms with E-state index in [1.165, 1.54) is 6.07 Å². The van der Waals surface area contributed by atoms with Crippen LogP contribution in [0.15, 0.2) is 18.2 Å². The quantitative estimate of drug-likeness (QED) is 0.656. The van der Waals surface area contributed by atoms with Crippen molar-refractivity contribution in [3.8, 4) is 0 Å². The molecule has 0 aliphatic carbocycles. The van der Waals surface area contributed by atoms with Crippen LogP contribution < -0.4 is 10.6 Å². The predicted octanol–water partition coefficient (Wildman–Crippen LogP) is 2.37. The molecule has 1 aliphatic heterocycles. The topological polar surface area (TPSA) is 84.3 Å². The molecule has 1 aliphatic rings. The highest BCUT2D eigenvalue weighted by Gasteiger charge is 2.22. The molecule has 6 nitrogen and oxygen atoms in total. The number of rotatable bonds is 3. The van der Waals surface area contributed by atoms with Gasteiger partial charge in [-0.3, -0.25) is 14.9 Å². The fourth-order valence-corrected chi connectivity index (χ4v) is 2.37. The monoisotopic (exact) mass is 277 g/mol. The molecule has 0 saturated carbocycles. The van der Waals surface area contributed by atoms with Gasteiger partial charge in [0.15, 0.2) is 0 Å². The summed E-state index contributed by atoms with van der Waals surface area (Å²) in [6, 6.07) is 4.54. The molecule has 2 rings (SSSR count). The van der Waals surface area contributed by atoms with Crippen LogP contribution in [-0.4, -0.2) is 23.4 Å². The normalized spacial score (nSPS) is 19.1. The molecule has 1 aromatic carbocycles. The molecule has 1 atom stereocenters. The van der Waals surface area contributed by atoms with Gasteiger partial charge < -0.3 is 10.6 Å². The number of hydrogen-bond acceptors (Lipinski definition) is 4. The van der Waals surface area contributed by atoms with Crippen molar-refractivity contribution in [3.05, 3.63) is 33.9 Å². The van der Waals surface area contributed by atoms with Crippen molar-refractivity contribution in [1.29, 1.82) is 0 Å². The average molecular weight is 277 g/mol. The zero-order chi connectivity index (χ0) is 14.5. The van der Waals surface area contributed by atoms with Gasteiger partial charge in [0, 0.05) is 6.07 Å². The Morgan fingerprint density at radius 3 is 2.95 bits per heavy atom. The Labute approximate surface area is 117 Å². The fourth-order valence-electron chi connectivity index (χ4n) is 2.37. The first-order valence-electron chi connectivity index (χ1n) is 6.87. The minimum atomic E-state index is -0.469. The number of aryl methyl sites for hydroxylation is 1. The predicted molar refractivity (Wildman–Crippen MR) is 76.7 cm³/mol. The molecule has 0 radical (unpaired) electrons. The van der Waals surface area contributed by atoms with E-state index in [1.807, 2.05) is 0 Å². The minimum Gasteiger partial charge on any atom is -0.319 e. The number of nitro benzene ring substituents is 1. The Hall–Kier alpha value is -1.95. The fraction of sp³-hybridized carbons (Fsp3) is 0.500. The molecule has 108 valence electrons.